The first-order valence-electron chi connectivity index (χ1n) is 6.87. The lowest BCUT2D eigenvalue weighted by molar-refractivity contribution is -0.119. The first-order valence-corrected chi connectivity index (χ1v) is 8.10. The van der Waals surface area contributed by atoms with Crippen molar-refractivity contribution in [3.63, 3.8) is 0 Å². The Morgan fingerprint density at radius 2 is 1.96 bits per heavy atom. The van der Waals surface area contributed by atoms with Crippen molar-refractivity contribution >= 4 is 29.3 Å². The van der Waals surface area contributed by atoms with Crippen LogP contribution in [0.4, 0.5) is 10.1 Å². The molecular formula is C17H16FNO3S. The van der Waals surface area contributed by atoms with Crippen LogP contribution in [0.5, 0.6) is 0 Å². The molecule has 0 spiro atoms. The van der Waals surface area contributed by atoms with Crippen molar-refractivity contribution in [2.75, 3.05) is 18.2 Å². The van der Waals surface area contributed by atoms with Gasteiger partial charge in [-0.1, -0.05) is 18.2 Å². The molecule has 4 nitrogen and oxygen atoms in total. The SMILES string of the molecule is CSc1ccccc1C(=O)OCC(=O)Nc1ccc(C)c(F)c1. The van der Waals surface area contributed by atoms with Gasteiger partial charge in [0.2, 0.25) is 0 Å². The van der Waals surface area contributed by atoms with Crippen LogP contribution in [-0.2, 0) is 9.53 Å². The van der Waals surface area contributed by atoms with Gasteiger partial charge >= 0.3 is 5.97 Å². The van der Waals surface area contributed by atoms with E-state index in [1.807, 2.05) is 12.3 Å². The molecule has 0 saturated carbocycles. The zero-order chi connectivity index (χ0) is 16.8. The van der Waals surface area contributed by atoms with Gasteiger partial charge in [0.05, 0.1) is 5.56 Å². The number of aryl methyl sites for hydroxylation is 1. The number of thioether (sulfide) groups is 1. The maximum absolute atomic E-state index is 13.4. The van der Waals surface area contributed by atoms with E-state index in [-0.39, 0.29) is 0 Å². The summed E-state index contributed by atoms with van der Waals surface area (Å²) in [5, 5.41) is 2.48. The Morgan fingerprint density at radius 1 is 1.22 bits per heavy atom. The number of rotatable bonds is 5. The molecule has 2 aromatic carbocycles. The third kappa shape index (κ3) is 4.56. The highest BCUT2D eigenvalue weighted by atomic mass is 32.2. The highest BCUT2D eigenvalue weighted by Crippen LogP contribution is 2.20. The Kier molecular flexibility index (Phi) is 5.76. The molecule has 2 aromatic rings. The molecule has 0 aliphatic carbocycles. The van der Waals surface area contributed by atoms with Crippen LogP contribution < -0.4 is 5.32 Å². The van der Waals surface area contributed by atoms with Crippen molar-refractivity contribution in [2.24, 2.45) is 0 Å². The lowest BCUT2D eigenvalue weighted by Crippen LogP contribution is -2.21. The van der Waals surface area contributed by atoms with Crippen LogP contribution in [0.2, 0.25) is 0 Å². The van der Waals surface area contributed by atoms with Gasteiger partial charge in [0, 0.05) is 10.6 Å². The summed E-state index contributed by atoms with van der Waals surface area (Å²) in [6, 6.07) is 11.4. The first-order chi connectivity index (χ1) is 11.0. The van der Waals surface area contributed by atoms with Crippen molar-refractivity contribution < 1.29 is 18.7 Å². The molecule has 6 heteroatoms. The predicted molar refractivity (Wildman–Crippen MR) is 88.3 cm³/mol. The van der Waals surface area contributed by atoms with E-state index >= 15 is 0 Å². The van der Waals surface area contributed by atoms with Gasteiger partial charge in [0.1, 0.15) is 5.82 Å². The molecule has 0 atom stereocenters. The molecule has 0 aromatic heterocycles. The van der Waals surface area contributed by atoms with E-state index in [4.69, 9.17) is 4.74 Å². The molecular weight excluding hydrogens is 317 g/mol. The topological polar surface area (TPSA) is 55.4 Å². The van der Waals surface area contributed by atoms with Crippen LogP contribution in [0.25, 0.3) is 0 Å². The summed E-state index contributed by atoms with van der Waals surface area (Å²) in [4.78, 5) is 24.6. The van der Waals surface area contributed by atoms with Crippen LogP contribution in [-0.4, -0.2) is 24.7 Å². The maximum atomic E-state index is 13.4. The van der Waals surface area contributed by atoms with E-state index in [9.17, 15) is 14.0 Å². The Hall–Kier alpha value is -2.34. The van der Waals surface area contributed by atoms with Gasteiger partial charge in [-0.3, -0.25) is 4.79 Å². The van der Waals surface area contributed by atoms with E-state index < -0.39 is 24.3 Å². The minimum atomic E-state index is -0.569. The van der Waals surface area contributed by atoms with Crippen LogP contribution in [0.3, 0.4) is 0 Å². The fraction of sp³-hybridized carbons (Fsp3) is 0.176. The molecule has 120 valence electrons. The molecule has 0 saturated heterocycles. The van der Waals surface area contributed by atoms with E-state index in [0.717, 1.165) is 4.90 Å². The van der Waals surface area contributed by atoms with E-state index in [1.165, 1.54) is 17.8 Å². The Bertz CT molecular complexity index is 734. The van der Waals surface area contributed by atoms with E-state index in [2.05, 4.69) is 5.32 Å². The Morgan fingerprint density at radius 3 is 2.65 bits per heavy atom. The van der Waals surface area contributed by atoms with Crippen molar-refractivity contribution in [3.05, 3.63) is 59.4 Å². The summed E-state index contributed by atoms with van der Waals surface area (Å²) in [5.41, 5.74) is 1.22. The number of amides is 1. The average Bonchev–Trinajstić information content (AvgIpc) is 2.56. The second-order valence-corrected chi connectivity index (χ2v) is 5.64. The second-order valence-electron chi connectivity index (χ2n) is 4.79. The smallest absolute Gasteiger partial charge is 0.339 e. The van der Waals surface area contributed by atoms with Crippen LogP contribution >= 0.6 is 11.8 Å². The standard InChI is InChI=1S/C17H16FNO3S/c1-11-7-8-12(9-14(11)18)19-16(20)10-22-17(21)13-5-3-4-6-15(13)23-2/h3-9H,10H2,1-2H3,(H,19,20). The number of esters is 1. The molecule has 0 aliphatic rings. The molecule has 0 unspecified atom stereocenters. The number of ether oxygens (including phenoxy) is 1. The van der Waals surface area contributed by atoms with Crippen molar-refractivity contribution in [1.29, 1.82) is 0 Å². The molecule has 0 aliphatic heterocycles. The molecule has 0 fully saturated rings. The summed E-state index contributed by atoms with van der Waals surface area (Å²) < 4.78 is 18.4. The average molecular weight is 333 g/mol. The number of benzene rings is 2. The zero-order valence-electron chi connectivity index (χ0n) is 12.8. The second kappa shape index (κ2) is 7.78. The Balaban J connectivity index is 1.93. The lowest BCUT2D eigenvalue weighted by Gasteiger charge is -2.09. The maximum Gasteiger partial charge on any atom is 0.339 e. The molecule has 0 heterocycles. The molecule has 0 radical (unpaired) electrons. The van der Waals surface area contributed by atoms with Gasteiger partial charge in [-0.25, -0.2) is 9.18 Å². The van der Waals surface area contributed by atoms with E-state index in [0.29, 0.717) is 16.8 Å². The number of nitrogens with one attached hydrogen (secondary N) is 1. The number of hydrogen-bond donors (Lipinski definition) is 1. The summed E-state index contributed by atoms with van der Waals surface area (Å²) in [6.45, 7) is 1.20. The van der Waals surface area contributed by atoms with Crippen molar-refractivity contribution in [3.8, 4) is 0 Å². The number of anilines is 1. The fourth-order valence-electron chi connectivity index (χ4n) is 1.89. The highest BCUT2D eigenvalue weighted by Gasteiger charge is 2.14. The Labute approximate surface area is 138 Å². The minimum Gasteiger partial charge on any atom is -0.452 e. The van der Waals surface area contributed by atoms with E-state index in [1.54, 1.807) is 37.3 Å². The minimum absolute atomic E-state index is 0.318. The van der Waals surface area contributed by atoms with Gasteiger partial charge < -0.3 is 10.1 Å². The summed E-state index contributed by atoms with van der Waals surface area (Å²) >= 11 is 1.42. The normalized spacial score (nSPS) is 10.2. The van der Waals surface area contributed by atoms with Crippen LogP contribution in [0.1, 0.15) is 15.9 Å². The summed E-state index contributed by atoms with van der Waals surface area (Å²) in [5.74, 6) is -1.50. The largest absolute Gasteiger partial charge is 0.452 e. The molecule has 1 amide bonds. The number of carbonyl (C=O) groups is 2. The van der Waals surface area contributed by atoms with Gasteiger partial charge in [0.25, 0.3) is 5.91 Å². The third-order valence-electron chi connectivity index (χ3n) is 3.12. The van der Waals surface area contributed by atoms with Gasteiger partial charge in [-0.2, -0.15) is 0 Å². The van der Waals surface area contributed by atoms with Gasteiger partial charge in [0.15, 0.2) is 6.61 Å². The monoisotopic (exact) mass is 333 g/mol. The highest BCUT2D eigenvalue weighted by molar-refractivity contribution is 7.98. The predicted octanol–water partition coefficient (Wildman–Crippen LogP) is 3.65. The molecule has 23 heavy (non-hydrogen) atoms. The molecule has 2 rings (SSSR count). The number of carbonyl (C=O) groups excluding carboxylic acids is 2. The lowest BCUT2D eigenvalue weighted by atomic mass is 10.2. The fourth-order valence-corrected chi connectivity index (χ4v) is 2.48. The van der Waals surface area contributed by atoms with Gasteiger partial charge in [-0.15, -0.1) is 11.8 Å². The summed E-state index contributed by atoms with van der Waals surface area (Å²) in [6.07, 6.45) is 1.85. The first kappa shape index (κ1) is 17.0. The quantitative estimate of drug-likeness (QED) is 0.670. The zero-order valence-corrected chi connectivity index (χ0v) is 13.6. The van der Waals surface area contributed by atoms with Gasteiger partial charge in [-0.05, 0) is 43.0 Å². The van der Waals surface area contributed by atoms with Crippen LogP contribution in [0.15, 0.2) is 47.4 Å². The van der Waals surface area contributed by atoms with Crippen LogP contribution in [0, 0.1) is 12.7 Å². The van der Waals surface area contributed by atoms with Crippen molar-refractivity contribution in [1.82, 2.24) is 0 Å². The number of halogens is 1. The van der Waals surface area contributed by atoms with Crippen molar-refractivity contribution in [2.45, 2.75) is 11.8 Å². The third-order valence-corrected chi connectivity index (χ3v) is 3.91. The molecule has 1 N–H and O–H groups in total. The molecule has 0 bridgehead atoms. The summed E-state index contributed by atoms with van der Waals surface area (Å²) in [7, 11) is 0. The number of hydrogen-bond acceptors (Lipinski definition) is 4.